The van der Waals surface area contributed by atoms with Crippen molar-refractivity contribution in [1.29, 1.82) is 0 Å². The van der Waals surface area contributed by atoms with Crippen LogP contribution >= 0.6 is 22.9 Å². The van der Waals surface area contributed by atoms with E-state index in [0.29, 0.717) is 25.6 Å². The molecule has 48 heavy (non-hydrogen) atoms. The van der Waals surface area contributed by atoms with Gasteiger partial charge < -0.3 is 9.30 Å². The van der Waals surface area contributed by atoms with E-state index in [1.165, 1.54) is 16.9 Å². The molecule has 1 aliphatic rings. The molecule has 0 radical (unpaired) electrons. The molecule has 6 nitrogen and oxygen atoms in total. The van der Waals surface area contributed by atoms with Crippen LogP contribution in [0.15, 0.2) is 136 Å². The first-order chi connectivity index (χ1) is 23.3. The van der Waals surface area contributed by atoms with E-state index in [1.54, 1.807) is 30.5 Å². The Bertz CT molecular complexity index is 2350. The molecule has 238 valence electrons. The van der Waals surface area contributed by atoms with E-state index in [2.05, 4.69) is 66.1 Å². The molecule has 0 N–H and O–H groups in total. The molecular formula is C40H32ClN3O3S. The Morgan fingerprint density at radius 2 is 1.54 bits per heavy atom. The minimum Gasteiger partial charge on any atom is -0.463 e. The lowest BCUT2D eigenvalue weighted by molar-refractivity contribution is -0.139. The van der Waals surface area contributed by atoms with E-state index in [0.717, 1.165) is 39.3 Å². The Morgan fingerprint density at radius 3 is 2.19 bits per heavy atom. The molecule has 0 amide bonds. The lowest BCUT2D eigenvalue weighted by Crippen LogP contribution is -2.39. The van der Waals surface area contributed by atoms with E-state index < -0.39 is 12.0 Å². The second-order valence-corrected chi connectivity index (χ2v) is 13.0. The smallest absolute Gasteiger partial charge is 0.338 e. The Kier molecular flexibility index (Phi) is 8.56. The summed E-state index contributed by atoms with van der Waals surface area (Å²) in [5.74, 6) is -0.498. The van der Waals surface area contributed by atoms with Gasteiger partial charge >= 0.3 is 5.97 Å². The molecule has 0 saturated carbocycles. The molecule has 6 aromatic rings. The molecule has 8 heteroatoms. The first-order valence-corrected chi connectivity index (χ1v) is 16.9. The summed E-state index contributed by atoms with van der Waals surface area (Å²) in [4.78, 5) is 33.1. The minimum atomic E-state index is -0.717. The van der Waals surface area contributed by atoms with Gasteiger partial charge in [-0.05, 0) is 73.9 Å². The summed E-state index contributed by atoms with van der Waals surface area (Å²) in [6.07, 6.45) is 1.95. The maximum atomic E-state index is 14.5. The number of hydrogen-bond acceptors (Lipinski definition) is 5. The predicted molar refractivity (Wildman–Crippen MR) is 193 cm³/mol. The van der Waals surface area contributed by atoms with Crippen LogP contribution in [0.1, 0.15) is 36.6 Å². The van der Waals surface area contributed by atoms with Crippen LogP contribution in [0, 0.1) is 6.92 Å². The van der Waals surface area contributed by atoms with E-state index in [9.17, 15) is 9.59 Å². The Labute approximate surface area is 287 Å². The van der Waals surface area contributed by atoms with Gasteiger partial charge in [0, 0.05) is 16.3 Å². The summed E-state index contributed by atoms with van der Waals surface area (Å²) >= 11 is 7.54. The van der Waals surface area contributed by atoms with Gasteiger partial charge in [0.05, 0.1) is 39.8 Å². The molecule has 0 bridgehead atoms. The first-order valence-electron chi connectivity index (χ1n) is 15.7. The molecule has 3 heterocycles. The summed E-state index contributed by atoms with van der Waals surface area (Å²) < 4.78 is 9.82. The van der Waals surface area contributed by atoms with Crippen LogP contribution in [0.5, 0.6) is 0 Å². The number of carbonyl (C=O) groups is 1. The molecule has 1 atom stereocenters. The van der Waals surface area contributed by atoms with Crippen LogP contribution in [0.4, 0.5) is 0 Å². The van der Waals surface area contributed by atoms with E-state index in [-0.39, 0.29) is 12.2 Å². The van der Waals surface area contributed by atoms with Crippen molar-refractivity contribution in [3.05, 3.63) is 168 Å². The molecule has 2 aromatic heterocycles. The highest BCUT2D eigenvalue weighted by atomic mass is 35.5. The van der Waals surface area contributed by atoms with Gasteiger partial charge in [0.25, 0.3) is 5.56 Å². The second-order valence-electron chi connectivity index (χ2n) is 11.6. The lowest BCUT2D eigenvalue weighted by Gasteiger charge is -2.24. The molecule has 1 unspecified atom stereocenters. The van der Waals surface area contributed by atoms with Gasteiger partial charge in [0.1, 0.15) is 0 Å². The van der Waals surface area contributed by atoms with Crippen LogP contribution in [-0.2, 0) is 9.53 Å². The minimum absolute atomic E-state index is 0.206. The van der Waals surface area contributed by atoms with Gasteiger partial charge in [0.15, 0.2) is 4.80 Å². The van der Waals surface area contributed by atoms with Gasteiger partial charge in [-0.1, -0.05) is 113 Å². The Hall–Kier alpha value is -5.24. The van der Waals surface area contributed by atoms with Crippen LogP contribution in [0.2, 0.25) is 5.02 Å². The summed E-state index contributed by atoms with van der Waals surface area (Å²) in [6, 6.07) is 37.5. The van der Waals surface area contributed by atoms with Crippen LogP contribution in [0.25, 0.3) is 34.3 Å². The average molecular weight is 670 g/mol. The maximum absolute atomic E-state index is 14.5. The van der Waals surface area contributed by atoms with Crippen molar-refractivity contribution < 1.29 is 9.53 Å². The normalized spacial score (nSPS) is 14.5. The second kappa shape index (κ2) is 13.1. The Balaban J connectivity index is 1.51. The van der Waals surface area contributed by atoms with Crippen LogP contribution in [-0.4, -0.2) is 21.7 Å². The number of ether oxygens (including phenoxy) is 1. The highest BCUT2D eigenvalue weighted by molar-refractivity contribution is 7.07. The number of aryl methyl sites for hydroxylation is 1. The zero-order chi connectivity index (χ0) is 33.4. The number of esters is 1. The number of allylic oxidation sites excluding steroid dienone is 1. The molecule has 0 aliphatic carbocycles. The number of fused-ring (bicyclic) bond motifs is 1. The highest BCUT2D eigenvalue weighted by Gasteiger charge is 2.33. The standard InChI is InChI=1S/C40H32ClN3O3S/c1-4-47-39(46)35-26(3)42-40-44(37(35)29-17-19-31(41)20-18-29)38(45)34(48-40)24-30-23-33(27-11-7-5-8-12-27)43(32-21-15-25(2)16-22-32)36(30)28-13-9-6-10-14-28/h5-24,37H,4H2,1-3H3/b34-24-. The molecular weight excluding hydrogens is 638 g/mol. The van der Waals surface area contributed by atoms with Crippen molar-refractivity contribution >= 4 is 35.0 Å². The number of aromatic nitrogens is 2. The summed E-state index contributed by atoms with van der Waals surface area (Å²) in [5, 5.41) is 0.560. The van der Waals surface area contributed by atoms with E-state index in [1.807, 2.05) is 54.6 Å². The number of halogens is 1. The largest absolute Gasteiger partial charge is 0.463 e. The summed E-state index contributed by atoms with van der Waals surface area (Å²) in [6.45, 7) is 5.83. The van der Waals surface area contributed by atoms with Crippen molar-refractivity contribution in [1.82, 2.24) is 9.13 Å². The van der Waals surface area contributed by atoms with Gasteiger partial charge in [0.2, 0.25) is 0 Å². The topological polar surface area (TPSA) is 65.6 Å². The molecule has 1 aliphatic heterocycles. The predicted octanol–water partition coefficient (Wildman–Crippen LogP) is 7.88. The summed E-state index contributed by atoms with van der Waals surface area (Å²) in [7, 11) is 0. The fraction of sp³-hybridized carbons (Fsp3) is 0.125. The molecule has 0 fully saturated rings. The lowest BCUT2D eigenvalue weighted by atomic mass is 9.96. The van der Waals surface area contributed by atoms with Gasteiger partial charge in [-0.3, -0.25) is 9.36 Å². The molecule has 4 aromatic carbocycles. The average Bonchev–Trinajstić information content (AvgIpc) is 3.62. The van der Waals surface area contributed by atoms with Crippen molar-refractivity contribution in [2.75, 3.05) is 6.61 Å². The third-order valence-corrected chi connectivity index (χ3v) is 9.66. The monoisotopic (exact) mass is 669 g/mol. The number of rotatable bonds is 7. The maximum Gasteiger partial charge on any atom is 0.338 e. The number of benzene rings is 4. The zero-order valence-electron chi connectivity index (χ0n) is 26.7. The van der Waals surface area contributed by atoms with Crippen molar-refractivity contribution in [3.8, 4) is 28.2 Å². The van der Waals surface area contributed by atoms with Gasteiger partial charge in [-0.2, -0.15) is 0 Å². The number of nitrogens with zero attached hydrogens (tertiary/aromatic N) is 3. The molecule has 7 rings (SSSR count). The van der Waals surface area contributed by atoms with E-state index >= 15 is 0 Å². The van der Waals surface area contributed by atoms with E-state index in [4.69, 9.17) is 21.3 Å². The third-order valence-electron chi connectivity index (χ3n) is 8.43. The number of thiazole rings is 1. The molecule has 0 saturated heterocycles. The fourth-order valence-electron chi connectivity index (χ4n) is 6.21. The zero-order valence-corrected chi connectivity index (χ0v) is 28.3. The van der Waals surface area contributed by atoms with Gasteiger partial charge in [-0.25, -0.2) is 9.79 Å². The highest BCUT2D eigenvalue weighted by Crippen LogP contribution is 2.37. The Morgan fingerprint density at radius 1 is 0.896 bits per heavy atom. The first kappa shape index (κ1) is 31.4. The van der Waals surface area contributed by atoms with Crippen LogP contribution in [0.3, 0.4) is 0 Å². The van der Waals surface area contributed by atoms with Crippen molar-refractivity contribution in [2.24, 2.45) is 4.99 Å². The van der Waals surface area contributed by atoms with Crippen molar-refractivity contribution in [3.63, 3.8) is 0 Å². The van der Waals surface area contributed by atoms with Crippen molar-refractivity contribution in [2.45, 2.75) is 26.8 Å². The number of hydrogen-bond donors (Lipinski definition) is 0. The third kappa shape index (κ3) is 5.76. The summed E-state index contributed by atoms with van der Waals surface area (Å²) in [5.41, 5.74) is 8.44. The molecule has 0 spiro atoms. The quantitative estimate of drug-likeness (QED) is 0.163. The van der Waals surface area contributed by atoms with Gasteiger partial charge in [-0.15, -0.1) is 0 Å². The SMILES string of the molecule is CCOC(=O)C1=C(C)N=c2s/c(=C\c3cc(-c4ccccc4)n(-c4ccc(C)cc4)c3-c3ccccc3)c(=O)n2C1c1ccc(Cl)cc1. The fourth-order valence-corrected chi connectivity index (χ4v) is 7.37. The number of carbonyl (C=O) groups excluding carboxylic acids is 1. The van der Waals surface area contributed by atoms with Crippen LogP contribution < -0.4 is 14.9 Å².